The number of nitrogens with one attached hydrogen (secondary N) is 1. The van der Waals surface area contributed by atoms with E-state index in [0.717, 1.165) is 26.6 Å². The molecule has 2 heterocycles. The Balaban J connectivity index is 1.74. The lowest BCUT2D eigenvalue weighted by atomic mass is 10.2. The summed E-state index contributed by atoms with van der Waals surface area (Å²) in [5.74, 6) is -0.154. The summed E-state index contributed by atoms with van der Waals surface area (Å²) in [6.45, 7) is 2.45. The zero-order chi connectivity index (χ0) is 15.4. The Labute approximate surface area is 132 Å². The van der Waals surface area contributed by atoms with Gasteiger partial charge in [-0.05, 0) is 43.3 Å². The van der Waals surface area contributed by atoms with Gasteiger partial charge in [0, 0.05) is 24.1 Å². The number of amides is 1. The van der Waals surface area contributed by atoms with Crippen LogP contribution in [-0.2, 0) is 9.53 Å². The maximum atomic E-state index is 11.6. The molecule has 0 unspecified atom stereocenters. The molecular weight excluding hydrogens is 298 g/mol. The van der Waals surface area contributed by atoms with Gasteiger partial charge in [-0.3, -0.25) is 4.79 Å². The SMILES string of the molecule is CCOCC(=O)Nc1ccc(-c2nc3cccnc3s2)cc1. The van der Waals surface area contributed by atoms with Crippen LogP contribution in [0, 0.1) is 0 Å². The first-order valence-electron chi connectivity index (χ1n) is 6.96. The summed E-state index contributed by atoms with van der Waals surface area (Å²) in [5.41, 5.74) is 2.65. The molecule has 0 atom stereocenters. The van der Waals surface area contributed by atoms with Crippen LogP contribution in [-0.4, -0.2) is 29.1 Å². The molecular formula is C16H15N3O2S. The number of carbonyl (C=O) groups is 1. The highest BCUT2D eigenvalue weighted by Gasteiger charge is 2.07. The second-order valence-corrected chi connectivity index (χ2v) is 5.59. The summed E-state index contributed by atoms with van der Waals surface area (Å²) in [4.78, 5) is 21.4. The Morgan fingerprint density at radius 2 is 2.09 bits per heavy atom. The fourth-order valence-corrected chi connectivity index (χ4v) is 2.89. The average Bonchev–Trinajstić information content (AvgIpc) is 2.97. The van der Waals surface area contributed by atoms with E-state index in [1.807, 2.05) is 43.3 Å². The van der Waals surface area contributed by atoms with Crippen molar-refractivity contribution in [2.24, 2.45) is 0 Å². The van der Waals surface area contributed by atoms with Crippen molar-refractivity contribution in [1.82, 2.24) is 9.97 Å². The van der Waals surface area contributed by atoms with E-state index in [4.69, 9.17) is 4.74 Å². The minimum Gasteiger partial charge on any atom is -0.372 e. The minimum atomic E-state index is -0.154. The van der Waals surface area contributed by atoms with Gasteiger partial charge in [0.05, 0.1) is 0 Å². The van der Waals surface area contributed by atoms with Crippen LogP contribution in [0.2, 0.25) is 0 Å². The Hall–Kier alpha value is -2.31. The lowest BCUT2D eigenvalue weighted by molar-refractivity contribution is -0.120. The number of aromatic nitrogens is 2. The van der Waals surface area contributed by atoms with Crippen LogP contribution in [0.25, 0.3) is 20.9 Å². The summed E-state index contributed by atoms with van der Waals surface area (Å²) in [7, 11) is 0. The van der Waals surface area contributed by atoms with Crippen molar-refractivity contribution in [3.05, 3.63) is 42.6 Å². The smallest absolute Gasteiger partial charge is 0.250 e. The van der Waals surface area contributed by atoms with Crippen molar-refractivity contribution >= 4 is 33.3 Å². The fraction of sp³-hybridized carbons (Fsp3) is 0.188. The van der Waals surface area contributed by atoms with E-state index in [1.165, 1.54) is 0 Å². The molecule has 0 fully saturated rings. The predicted molar refractivity (Wildman–Crippen MR) is 88.0 cm³/mol. The third-order valence-corrected chi connectivity index (χ3v) is 4.05. The van der Waals surface area contributed by atoms with Crippen LogP contribution in [0.4, 0.5) is 5.69 Å². The topological polar surface area (TPSA) is 64.1 Å². The molecule has 0 spiro atoms. The zero-order valence-corrected chi connectivity index (χ0v) is 12.9. The van der Waals surface area contributed by atoms with Gasteiger partial charge in [-0.15, -0.1) is 0 Å². The first-order chi connectivity index (χ1) is 10.8. The molecule has 2 aromatic heterocycles. The minimum absolute atomic E-state index is 0.0712. The van der Waals surface area contributed by atoms with Gasteiger partial charge in [0.1, 0.15) is 22.0 Å². The van der Waals surface area contributed by atoms with Crippen LogP contribution in [0.15, 0.2) is 42.6 Å². The van der Waals surface area contributed by atoms with Crippen molar-refractivity contribution in [1.29, 1.82) is 0 Å². The molecule has 5 nitrogen and oxygen atoms in total. The van der Waals surface area contributed by atoms with Crippen molar-refractivity contribution in [2.45, 2.75) is 6.92 Å². The molecule has 0 aliphatic rings. The van der Waals surface area contributed by atoms with E-state index in [2.05, 4.69) is 15.3 Å². The summed E-state index contributed by atoms with van der Waals surface area (Å²) in [5, 5.41) is 3.71. The quantitative estimate of drug-likeness (QED) is 0.784. The number of fused-ring (bicyclic) bond motifs is 1. The van der Waals surface area contributed by atoms with Crippen molar-refractivity contribution < 1.29 is 9.53 Å². The molecule has 1 amide bonds. The van der Waals surface area contributed by atoms with Crippen molar-refractivity contribution in [3.63, 3.8) is 0 Å². The number of carbonyl (C=O) groups excluding carboxylic acids is 1. The van der Waals surface area contributed by atoms with Gasteiger partial charge in [0.2, 0.25) is 5.91 Å². The van der Waals surface area contributed by atoms with Gasteiger partial charge in [-0.1, -0.05) is 11.3 Å². The second kappa shape index (κ2) is 6.64. The number of hydrogen-bond acceptors (Lipinski definition) is 5. The van der Waals surface area contributed by atoms with Crippen molar-refractivity contribution in [3.8, 4) is 10.6 Å². The molecule has 0 bridgehead atoms. The second-order valence-electron chi connectivity index (χ2n) is 4.61. The number of pyridine rings is 1. The molecule has 22 heavy (non-hydrogen) atoms. The number of thiazole rings is 1. The third kappa shape index (κ3) is 3.29. The molecule has 3 aromatic rings. The maximum absolute atomic E-state index is 11.6. The molecule has 0 radical (unpaired) electrons. The van der Waals surface area contributed by atoms with Gasteiger partial charge in [0.25, 0.3) is 0 Å². The van der Waals surface area contributed by atoms with E-state index in [0.29, 0.717) is 6.61 Å². The van der Waals surface area contributed by atoms with Gasteiger partial charge in [-0.25, -0.2) is 9.97 Å². The summed E-state index contributed by atoms with van der Waals surface area (Å²) in [6, 6.07) is 11.4. The van der Waals surface area contributed by atoms with E-state index in [-0.39, 0.29) is 12.5 Å². The largest absolute Gasteiger partial charge is 0.372 e. The Morgan fingerprint density at radius 3 is 2.82 bits per heavy atom. The van der Waals surface area contributed by atoms with E-state index in [9.17, 15) is 4.79 Å². The van der Waals surface area contributed by atoms with Gasteiger partial charge < -0.3 is 10.1 Å². The van der Waals surface area contributed by atoms with E-state index < -0.39 is 0 Å². The number of rotatable bonds is 5. The highest BCUT2D eigenvalue weighted by molar-refractivity contribution is 7.21. The number of ether oxygens (including phenoxy) is 1. The van der Waals surface area contributed by atoms with E-state index in [1.54, 1.807) is 17.5 Å². The van der Waals surface area contributed by atoms with Crippen LogP contribution in [0.3, 0.4) is 0 Å². The summed E-state index contributed by atoms with van der Waals surface area (Å²) >= 11 is 1.55. The number of nitrogens with zero attached hydrogens (tertiary/aromatic N) is 2. The molecule has 0 saturated carbocycles. The van der Waals surface area contributed by atoms with Crippen LogP contribution >= 0.6 is 11.3 Å². The average molecular weight is 313 g/mol. The Bertz CT molecular complexity index is 750. The first kappa shape index (κ1) is 14.6. The normalized spacial score (nSPS) is 10.8. The van der Waals surface area contributed by atoms with Gasteiger partial charge in [0.15, 0.2) is 0 Å². The molecule has 3 rings (SSSR count). The molecule has 1 aromatic carbocycles. The summed E-state index contributed by atoms with van der Waals surface area (Å²) in [6.07, 6.45) is 1.77. The number of anilines is 1. The first-order valence-corrected chi connectivity index (χ1v) is 7.77. The van der Waals surface area contributed by atoms with Crippen LogP contribution in [0.5, 0.6) is 0 Å². The maximum Gasteiger partial charge on any atom is 0.250 e. The fourth-order valence-electron chi connectivity index (χ4n) is 1.98. The lowest BCUT2D eigenvalue weighted by Crippen LogP contribution is -2.18. The highest BCUT2D eigenvalue weighted by atomic mass is 32.1. The molecule has 6 heteroatoms. The monoisotopic (exact) mass is 313 g/mol. The van der Waals surface area contributed by atoms with Crippen LogP contribution in [0.1, 0.15) is 6.92 Å². The molecule has 0 aliphatic heterocycles. The van der Waals surface area contributed by atoms with Gasteiger partial charge >= 0.3 is 0 Å². The summed E-state index contributed by atoms with van der Waals surface area (Å²) < 4.78 is 5.07. The standard InChI is InChI=1S/C16H15N3O2S/c1-2-21-10-14(20)18-12-7-5-11(6-8-12)15-19-13-4-3-9-17-16(13)22-15/h3-9H,2,10H2,1H3,(H,18,20). The molecule has 1 N–H and O–H groups in total. The Kier molecular flexibility index (Phi) is 4.41. The van der Waals surface area contributed by atoms with Gasteiger partial charge in [-0.2, -0.15) is 0 Å². The lowest BCUT2D eigenvalue weighted by Gasteiger charge is -2.05. The molecule has 0 aliphatic carbocycles. The molecule has 112 valence electrons. The highest BCUT2D eigenvalue weighted by Crippen LogP contribution is 2.29. The zero-order valence-electron chi connectivity index (χ0n) is 12.1. The van der Waals surface area contributed by atoms with Crippen molar-refractivity contribution in [2.75, 3.05) is 18.5 Å². The Morgan fingerprint density at radius 1 is 1.27 bits per heavy atom. The predicted octanol–water partition coefficient (Wildman–Crippen LogP) is 3.33. The number of hydrogen-bond donors (Lipinski definition) is 1. The van der Waals surface area contributed by atoms with Crippen LogP contribution < -0.4 is 5.32 Å². The molecule has 0 saturated heterocycles. The third-order valence-electron chi connectivity index (χ3n) is 3.02. The van der Waals surface area contributed by atoms with E-state index >= 15 is 0 Å². The number of benzene rings is 1.